The second-order valence-electron chi connectivity index (χ2n) is 0. The van der Waals surface area contributed by atoms with E-state index in [-0.39, 0.29) is 83.0 Å². The van der Waals surface area contributed by atoms with Gasteiger partial charge in [-0.1, -0.05) is 0 Å². The third-order valence-corrected chi connectivity index (χ3v) is 0. The molecular formula is H8AlBCaZn. The Bertz CT molecular complexity index is 8.00. The monoisotopic (exact) mass is 150 g/mol. The maximum Gasteiger partial charge on any atom is 0 e. The molecule has 0 heterocycles. The van der Waals surface area contributed by atoms with Crippen LogP contribution in [0.25, 0.3) is 0 Å². The van der Waals surface area contributed by atoms with Gasteiger partial charge < -0.3 is 0 Å². The van der Waals surface area contributed by atoms with Gasteiger partial charge in [0.05, 0.1) is 8.41 Å². The Morgan fingerprint density at radius 1 is 1.00 bits per heavy atom. The Balaban J connectivity index is 0. The average molecular weight is 151 g/mol. The van der Waals surface area contributed by atoms with Crippen molar-refractivity contribution < 1.29 is 19.5 Å². The minimum Gasteiger partial charge on any atom is 0 e. The summed E-state index contributed by atoms with van der Waals surface area (Å²) in [7, 11) is 0. The van der Waals surface area contributed by atoms with Crippen molar-refractivity contribution in [2.45, 2.75) is 0 Å². The van der Waals surface area contributed by atoms with Crippen LogP contribution in [0.2, 0.25) is 0 Å². The number of hydrogen-bond donors (Lipinski definition) is 0. The average Bonchev–Trinajstić information content (AvgIpc) is 0. The van der Waals surface area contributed by atoms with Crippen molar-refractivity contribution >= 4 is 63.5 Å². The van der Waals surface area contributed by atoms with Gasteiger partial charge in [0, 0.05) is 19.5 Å². The first-order valence-corrected chi connectivity index (χ1v) is 0. The van der Waals surface area contributed by atoms with Crippen molar-refractivity contribution in [1.82, 2.24) is 0 Å². The molecule has 0 bridgehead atoms. The standard InChI is InChI=1S/Al.BH3.Ca.Zn.5H/h;1H3;;;;;;;. The van der Waals surface area contributed by atoms with Crippen LogP contribution in [0.1, 0.15) is 0 Å². The van der Waals surface area contributed by atoms with Crippen LogP contribution < -0.4 is 0 Å². The first-order chi connectivity index (χ1) is 0. The predicted octanol–water partition coefficient (Wildman–Crippen LogP) is -3.29. The fraction of sp³-hybridized carbons (Fsp3) is 0. The molecule has 0 aromatic heterocycles. The smallest absolute Gasteiger partial charge is 0 e. The van der Waals surface area contributed by atoms with E-state index < -0.39 is 0 Å². The van der Waals surface area contributed by atoms with Gasteiger partial charge in [0.15, 0.2) is 17.4 Å². The summed E-state index contributed by atoms with van der Waals surface area (Å²) >= 11 is 0. The second kappa shape index (κ2) is 17.9. The van der Waals surface area contributed by atoms with E-state index in [9.17, 15) is 0 Å². The van der Waals surface area contributed by atoms with Crippen molar-refractivity contribution in [1.29, 1.82) is 0 Å². The van der Waals surface area contributed by atoms with E-state index in [0.29, 0.717) is 0 Å². The molecule has 18 valence electrons. The molecule has 0 atom stereocenters. The molecule has 0 spiro atoms. The molecule has 0 aromatic rings. The maximum atomic E-state index is 0. The molecule has 0 aliphatic rings. The predicted molar refractivity (Wildman–Crippen MR) is 28.4 cm³/mol. The van der Waals surface area contributed by atoms with Gasteiger partial charge >= 0.3 is 37.7 Å². The molecule has 0 saturated carbocycles. The van der Waals surface area contributed by atoms with E-state index in [1.807, 2.05) is 0 Å². The van der Waals surface area contributed by atoms with Crippen LogP contribution in [-0.4, -0.2) is 63.5 Å². The molecule has 0 rings (SSSR count). The third kappa shape index (κ3) is 8.82. The Kier molecular flexibility index (Phi) is 141. The molecule has 0 N–H and O–H groups in total. The van der Waals surface area contributed by atoms with E-state index in [1.165, 1.54) is 0 Å². The van der Waals surface area contributed by atoms with Gasteiger partial charge in [0.1, 0.15) is 0 Å². The molecule has 4 heavy (non-hydrogen) atoms. The third-order valence-electron chi connectivity index (χ3n) is 0. The SMILES string of the molecule is B.[AlH3].[CaH2].[Zn]. The van der Waals surface area contributed by atoms with Gasteiger partial charge in [-0.05, 0) is 0 Å². The van der Waals surface area contributed by atoms with Gasteiger partial charge in [-0.2, -0.15) is 0 Å². The number of hydrogen-bond acceptors (Lipinski definition) is 0. The van der Waals surface area contributed by atoms with Gasteiger partial charge in [-0.15, -0.1) is 0 Å². The summed E-state index contributed by atoms with van der Waals surface area (Å²) in [6.45, 7) is 0. The Hall–Kier alpha value is 2.48. The Labute approximate surface area is 81.6 Å². The normalized spacial score (nSPS) is 0. The summed E-state index contributed by atoms with van der Waals surface area (Å²) in [6.07, 6.45) is 0. The summed E-state index contributed by atoms with van der Waals surface area (Å²) in [5, 5.41) is 0. The summed E-state index contributed by atoms with van der Waals surface area (Å²) in [6, 6.07) is 0. The molecular weight excluding hydrogens is 143 g/mol. The van der Waals surface area contributed by atoms with Crippen LogP contribution in [0.15, 0.2) is 0 Å². The van der Waals surface area contributed by atoms with Gasteiger partial charge in [0.25, 0.3) is 0 Å². The molecule has 4 heteroatoms. The zero-order chi connectivity index (χ0) is 0. The van der Waals surface area contributed by atoms with E-state index in [1.54, 1.807) is 0 Å². The quantitative estimate of drug-likeness (QED) is 0.319. The van der Waals surface area contributed by atoms with Crippen LogP contribution >= 0.6 is 0 Å². The molecule has 0 fully saturated rings. The molecule has 0 saturated heterocycles. The second-order valence-corrected chi connectivity index (χ2v) is 0. The largest absolute Gasteiger partial charge is 0 e. The zero-order valence-electron chi connectivity index (χ0n) is 0.707. The minimum atomic E-state index is 0. The van der Waals surface area contributed by atoms with Gasteiger partial charge in [-0.3, -0.25) is 0 Å². The van der Waals surface area contributed by atoms with Gasteiger partial charge in [0.2, 0.25) is 0 Å². The van der Waals surface area contributed by atoms with Crippen LogP contribution in [-0.2, 0) is 19.5 Å². The van der Waals surface area contributed by atoms with Crippen LogP contribution in [0.4, 0.5) is 0 Å². The molecule has 0 radical (unpaired) electrons. The van der Waals surface area contributed by atoms with Crippen molar-refractivity contribution in [3.63, 3.8) is 0 Å². The summed E-state index contributed by atoms with van der Waals surface area (Å²) < 4.78 is 0. The maximum absolute atomic E-state index is 0. The van der Waals surface area contributed by atoms with Crippen LogP contribution in [0, 0.1) is 0 Å². The zero-order valence-corrected chi connectivity index (χ0v) is 3.67. The van der Waals surface area contributed by atoms with Crippen molar-refractivity contribution in [2.24, 2.45) is 0 Å². The van der Waals surface area contributed by atoms with E-state index in [0.717, 1.165) is 0 Å². The molecule has 0 amide bonds. The van der Waals surface area contributed by atoms with Gasteiger partial charge in [-0.25, -0.2) is 0 Å². The van der Waals surface area contributed by atoms with E-state index >= 15 is 0 Å². The van der Waals surface area contributed by atoms with E-state index in [2.05, 4.69) is 0 Å². The van der Waals surface area contributed by atoms with Crippen LogP contribution in [0.5, 0.6) is 0 Å². The first kappa shape index (κ1) is 31.6. The molecule has 0 nitrogen and oxygen atoms in total. The summed E-state index contributed by atoms with van der Waals surface area (Å²) in [5.74, 6) is 0. The summed E-state index contributed by atoms with van der Waals surface area (Å²) in [5.41, 5.74) is 0. The minimum absolute atomic E-state index is 0. The fourth-order valence-corrected chi connectivity index (χ4v) is 0. The molecule has 0 unspecified atom stereocenters. The molecule has 0 aliphatic carbocycles. The Morgan fingerprint density at radius 2 is 1.00 bits per heavy atom. The van der Waals surface area contributed by atoms with Crippen molar-refractivity contribution in [3.05, 3.63) is 0 Å². The van der Waals surface area contributed by atoms with Crippen molar-refractivity contribution in [2.75, 3.05) is 0 Å². The fourth-order valence-electron chi connectivity index (χ4n) is 0. The van der Waals surface area contributed by atoms with Crippen LogP contribution in [0.3, 0.4) is 0 Å². The first-order valence-electron chi connectivity index (χ1n) is 0. The molecule has 0 aliphatic heterocycles. The van der Waals surface area contributed by atoms with Crippen molar-refractivity contribution in [3.8, 4) is 0 Å². The van der Waals surface area contributed by atoms with E-state index in [4.69, 9.17) is 0 Å². The number of rotatable bonds is 0. The Morgan fingerprint density at radius 3 is 1.00 bits per heavy atom. The summed E-state index contributed by atoms with van der Waals surface area (Å²) in [4.78, 5) is 0. The molecule has 0 aromatic carbocycles. The topological polar surface area (TPSA) is 0 Å².